The molecule has 6 heteroatoms. The Balaban J connectivity index is 2.02. The fourth-order valence-electron chi connectivity index (χ4n) is 2.44. The van der Waals surface area contributed by atoms with Gasteiger partial charge in [0.15, 0.2) is 5.82 Å². The third kappa shape index (κ3) is 1.83. The molecule has 5 nitrogen and oxygen atoms in total. The zero-order chi connectivity index (χ0) is 14.7. The Kier molecular flexibility index (Phi) is 2.69. The van der Waals surface area contributed by atoms with Crippen LogP contribution in [0, 0.1) is 0 Å². The van der Waals surface area contributed by atoms with E-state index in [-0.39, 0.29) is 18.3 Å². The monoisotopic (exact) mass is 273 g/mol. The van der Waals surface area contributed by atoms with E-state index in [0.717, 1.165) is 16.4 Å². The molecule has 0 atom stereocenters. The lowest BCUT2D eigenvalue weighted by Gasteiger charge is -2.32. The van der Waals surface area contributed by atoms with E-state index < -0.39 is 0 Å². The van der Waals surface area contributed by atoms with E-state index in [1.165, 1.54) is 0 Å². The van der Waals surface area contributed by atoms with Crippen LogP contribution in [0.25, 0.3) is 10.9 Å². The van der Waals surface area contributed by atoms with Gasteiger partial charge in [-0.25, -0.2) is 0 Å². The smallest absolute Gasteiger partial charge is 0.399 e. The van der Waals surface area contributed by atoms with Crippen LogP contribution in [0.4, 0.5) is 5.82 Å². The molecular weight excluding hydrogens is 253 g/mol. The predicted octanol–water partition coefficient (Wildman–Crippen LogP) is 1.45. The van der Waals surface area contributed by atoms with Gasteiger partial charge >= 0.3 is 7.12 Å². The second-order valence-electron chi connectivity index (χ2n) is 6.37. The topological polar surface area (TPSA) is 62.3 Å². The number of hydrogen-bond donors (Lipinski definition) is 1. The molecule has 20 heavy (non-hydrogen) atoms. The Morgan fingerprint density at radius 3 is 2.35 bits per heavy atom. The number of nitrogens with two attached hydrogens (primary N) is 1. The lowest BCUT2D eigenvalue weighted by molar-refractivity contribution is 0.00578. The molecule has 2 heterocycles. The highest BCUT2D eigenvalue weighted by Crippen LogP contribution is 2.36. The first-order valence-electron chi connectivity index (χ1n) is 6.79. The normalized spacial score (nSPS) is 20.8. The summed E-state index contributed by atoms with van der Waals surface area (Å²) in [5, 5.41) is 5.16. The molecule has 0 radical (unpaired) electrons. The molecule has 1 aromatic heterocycles. The molecule has 106 valence electrons. The Morgan fingerprint density at radius 1 is 1.15 bits per heavy atom. The van der Waals surface area contributed by atoms with Crippen LogP contribution in [-0.2, 0) is 16.4 Å². The van der Waals surface area contributed by atoms with Gasteiger partial charge in [-0.2, -0.15) is 5.10 Å². The van der Waals surface area contributed by atoms with Crippen molar-refractivity contribution in [2.45, 2.75) is 38.9 Å². The quantitative estimate of drug-likeness (QED) is 0.799. The van der Waals surface area contributed by atoms with E-state index in [0.29, 0.717) is 5.82 Å². The maximum atomic E-state index is 6.06. The van der Waals surface area contributed by atoms with E-state index in [2.05, 4.69) is 5.10 Å². The average Bonchev–Trinajstić information content (AvgIpc) is 2.74. The molecule has 0 unspecified atom stereocenters. The standard InChI is InChI=1S/C14H20BN3O2/c1-13(2)14(3,4)20-15(19-13)9-6-7-11-10(8-9)12(16)17-18(11)5/h6-8H,1-5H3,(H2,16,17). The molecule has 1 aliphatic rings. The molecule has 1 aromatic carbocycles. The van der Waals surface area contributed by atoms with Gasteiger partial charge in [0.1, 0.15) is 0 Å². The Hall–Kier alpha value is -1.53. The lowest BCUT2D eigenvalue weighted by Crippen LogP contribution is -2.41. The van der Waals surface area contributed by atoms with Gasteiger partial charge in [0.25, 0.3) is 0 Å². The Labute approximate surface area is 119 Å². The summed E-state index contributed by atoms with van der Waals surface area (Å²) >= 11 is 0. The average molecular weight is 273 g/mol. The van der Waals surface area contributed by atoms with Crippen molar-refractivity contribution in [3.8, 4) is 0 Å². The van der Waals surface area contributed by atoms with Crippen LogP contribution < -0.4 is 11.2 Å². The summed E-state index contributed by atoms with van der Waals surface area (Å²) in [4.78, 5) is 0. The highest BCUT2D eigenvalue weighted by molar-refractivity contribution is 6.62. The number of aryl methyl sites for hydroxylation is 1. The number of rotatable bonds is 1. The van der Waals surface area contributed by atoms with Crippen molar-refractivity contribution < 1.29 is 9.31 Å². The molecule has 2 aromatic rings. The van der Waals surface area contributed by atoms with Gasteiger partial charge in [-0.15, -0.1) is 0 Å². The largest absolute Gasteiger partial charge is 0.494 e. The predicted molar refractivity (Wildman–Crippen MR) is 80.8 cm³/mol. The molecule has 0 amide bonds. The summed E-state index contributed by atoms with van der Waals surface area (Å²) in [5.41, 5.74) is 7.23. The molecule has 3 rings (SSSR count). The molecule has 0 bridgehead atoms. The number of aromatic nitrogens is 2. The maximum Gasteiger partial charge on any atom is 0.494 e. The molecule has 1 fully saturated rings. The maximum absolute atomic E-state index is 6.06. The van der Waals surface area contributed by atoms with Gasteiger partial charge in [-0.3, -0.25) is 4.68 Å². The molecule has 1 saturated heterocycles. The van der Waals surface area contributed by atoms with Crippen molar-refractivity contribution in [3.63, 3.8) is 0 Å². The van der Waals surface area contributed by atoms with E-state index >= 15 is 0 Å². The van der Waals surface area contributed by atoms with Gasteiger partial charge in [-0.1, -0.05) is 6.07 Å². The van der Waals surface area contributed by atoms with Crippen molar-refractivity contribution in [1.29, 1.82) is 0 Å². The molecule has 2 N–H and O–H groups in total. The van der Waals surface area contributed by atoms with Crippen LogP contribution in [-0.4, -0.2) is 28.1 Å². The molecule has 0 aliphatic carbocycles. The first-order valence-corrected chi connectivity index (χ1v) is 6.79. The summed E-state index contributed by atoms with van der Waals surface area (Å²) in [6.07, 6.45) is 0. The Morgan fingerprint density at radius 2 is 1.75 bits per heavy atom. The minimum Gasteiger partial charge on any atom is -0.399 e. The number of hydrogen-bond acceptors (Lipinski definition) is 4. The minimum atomic E-state index is -0.371. The van der Waals surface area contributed by atoms with E-state index in [1.54, 1.807) is 4.68 Å². The first kappa shape index (κ1) is 13.5. The van der Waals surface area contributed by atoms with Crippen LogP contribution in [0.1, 0.15) is 27.7 Å². The third-order valence-electron chi connectivity index (χ3n) is 4.43. The van der Waals surface area contributed by atoms with Gasteiger partial charge in [0.2, 0.25) is 0 Å². The van der Waals surface area contributed by atoms with Crippen molar-refractivity contribution in [2.24, 2.45) is 7.05 Å². The fraction of sp³-hybridized carbons (Fsp3) is 0.500. The summed E-state index contributed by atoms with van der Waals surface area (Å²) < 4.78 is 13.9. The van der Waals surface area contributed by atoms with Crippen LogP contribution >= 0.6 is 0 Å². The second-order valence-corrected chi connectivity index (χ2v) is 6.37. The fourth-order valence-corrected chi connectivity index (χ4v) is 2.44. The highest BCUT2D eigenvalue weighted by atomic mass is 16.7. The number of fused-ring (bicyclic) bond motifs is 1. The lowest BCUT2D eigenvalue weighted by atomic mass is 9.78. The van der Waals surface area contributed by atoms with Gasteiger partial charge < -0.3 is 15.0 Å². The van der Waals surface area contributed by atoms with Crippen molar-refractivity contribution in [3.05, 3.63) is 18.2 Å². The molecule has 1 aliphatic heterocycles. The van der Waals surface area contributed by atoms with Crippen molar-refractivity contribution in [1.82, 2.24) is 9.78 Å². The Bertz CT molecular complexity index is 662. The second kappa shape index (κ2) is 3.99. The van der Waals surface area contributed by atoms with Gasteiger partial charge in [-0.05, 0) is 45.3 Å². The zero-order valence-electron chi connectivity index (χ0n) is 12.6. The summed E-state index contributed by atoms with van der Waals surface area (Å²) in [5.74, 6) is 0.529. The van der Waals surface area contributed by atoms with E-state index in [4.69, 9.17) is 15.0 Å². The van der Waals surface area contributed by atoms with Crippen molar-refractivity contribution in [2.75, 3.05) is 5.73 Å². The van der Waals surface area contributed by atoms with E-state index in [9.17, 15) is 0 Å². The molecule has 0 saturated carbocycles. The van der Waals surface area contributed by atoms with Crippen LogP contribution in [0.15, 0.2) is 18.2 Å². The SMILES string of the molecule is Cn1nc(N)c2cc(B3OC(C)(C)C(C)(C)O3)ccc21. The first-order chi connectivity index (χ1) is 9.21. The summed E-state index contributed by atoms with van der Waals surface area (Å²) in [7, 11) is 1.51. The van der Waals surface area contributed by atoms with Crippen LogP contribution in [0.2, 0.25) is 0 Å². The van der Waals surface area contributed by atoms with Gasteiger partial charge in [0, 0.05) is 12.4 Å². The van der Waals surface area contributed by atoms with Crippen LogP contribution in [0.5, 0.6) is 0 Å². The number of benzene rings is 1. The number of nitrogen functional groups attached to an aromatic ring is 1. The minimum absolute atomic E-state index is 0.340. The van der Waals surface area contributed by atoms with Gasteiger partial charge in [0.05, 0.1) is 16.7 Å². The highest BCUT2D eigenvalue weighted by Gasteiger charge is 2.51. The van der Waals surface area contributed by atoms with Crippen molar-refractivity contribution >= 4 is 29.3 Å². The molecular formula is C14H20BN3O2. The zero-order valence-corrected chi connectivity index (χ0v) is 12.6. The number of anilines is 1. The van der Waals surface area contributed by atoms with Crippen LogP contribution in [0.3, 0.4) is 0 Å². The summed E-state index contributed by atoms with van der Waals surface area (Å²) in [6.45, 7) is 8.18. The van der Waals surface area contributed by atoms with E-state index in [1.807, 2.05) is 52.9 Å². The summed E-state index contributed by atoms with van der Waals surface area (Å²) in [6, 6.07) is 6.00. The third-order valence-corrected chi connectivity index (χ3v) is 4.43. The molecule has 0 spiro atoms. The number of nitrogens with zero attached hydrogens (tertiary/aromatic N) is 2.